The van der Waals surface area contributed by atoms with E-state index in [0.29, 0.717) is 0 Å². The Morgan fingerprint density at radius 1 is 0.900 bits per heavy atom. The molecule has 0 aliphatic heterocycles. The fraction of sp³-hybridized carbons (Fsp3) is 0.444. The van der Waals surface area contributed by atoms with Gasteiger partial charge < -0.3 is 4.57 Å². The Morgan fingerprint density at radius 2 is 1.60 bits per heavy atom. The van der Waals surface area contributed by atoms with Gasteiger partial charge in [0.25, 0.3) is 0 Å². The summed E-state index contributed by atoms with van der Waals surface area (Å²) in [6, 6.07) is 12.4. The van der Waals surface area contributed by atoms with Crippen LogP contribution in [0.4, 0.5) is 0 Å². The maximum atomic E-state index is 5.95. The normalized spacial score (nSPS) is 10.9. The van der Waals surface area contributed by atoms with Gasteiger partial charge in [0.15, 0.2) is 0 Å². The molecule has 1 nitrogen and oxygen atoms in total. The second-order valence-electron chi connectivity index (χ2n) is 5.36. The number of rotatable bonds is 8. The summed E-state index contributed by atoms with van der Waals surface area (Å²) in [6.07, 6.45) is 11.4. The van der Waals surface area contributed by atoms with Crippen molar-refractivity contribution in [1.82, 2.24) is 4.57 Å². The number of aromatic nitrogens is 1. The molecular formula is C18H24ClN. The molecule has 2 heteroatoms. The first-order valence-corrected chi connectivity index (χ1v) is 8.11. The fourth-order valence-corrected chi connectivity index (χ4v) is 2.69. The van der Waals surface area contributed by atoms with Crippen LogP contribution in [0.3, 0.4) is 0 Å². The lowest BCUT2D eigenvalue weighted by molar-refractivity contribution is 0.602. The minimum atomic E-state index is 0.790. The van der Waals surface area contributed by atoms with Gasteiger partial charge >= 0.3 is 0 Å². The zero-order valence-corrected chi connectivity index (χ0v) is 13.1. The third kappa shape index (κ3) is 4.42. The number of benzene rings is 1. The minimum Gasteiger partial charge on any atom is -0.321 e. The summed E-state index contributed by atoms with van der Waals surface area (Å²) in [6.45, 7) is 2.26. The molecule has 0 amide bonds. The van der Waals surface area contributed by atoms with Crippen molar-refractivity contribution in [3.63, 3.8) is 0 Å². The number of hydrogen-bond donors (Lipinski definition) is 0. The molecule has 0 spiro atoms. The van der Waals surface area contributed by atoms with E-state index in [1.165, 1.54) is 49.9 Å². The Kier molecular flexibility index (Phi) is 6.20. The zero-order chi connectivity index (χ0) is 14.2. The van der Waals surface area contributed by atoms with Crippen molar-refractivity contribution in [1.29, 1.82) is 0 Å². The Hall–Kier alpha value is -1.21. The van der Waals surface area contributed by atoms with Crippen LogP contribution in [-0.4, -0.2) is 4.57 Å². The van der Waals surface area contributed by atoms with Crippen molar-refractivity contribution in [3.05, 3.63) is 53.3 Å². The monoisotopic (exact) mass is 289 g/mol. The molecule has 1 heterocycles. The standard InChI is InChI=1S/C18H24ClN/c1-2-3-4-5-6-7-9-17-10-8-15-20(17)18-13-11-16(19)12-14-18/h8,10-15H,2-7,9H2,1H3. The number of nitrogens with zero attached hydrogens (tertiary/aromatic N) is 1. The molecule has 20 heavy (non-hydrogen) atoms. The lowest BCUT2D eigenvalue weighted by atomic mass is 10.1. The van der Waals surface area contributed by atoms with Gasteiger partial charge in [-0.25, -0.2) is 0 Å². The highest BCUT2D eigenvalue weighted by Gasteiger charge is 2.03. The summed E-state index contributed by atoms with van der Waals surface area (Å²) < 4.78 is 2.27. The molecule has 2 aromatic rings. The number of unbranched alkanes of at least 4 members (excludes halogenated alkanes) is 5. The number of hydrogen-bond acceptors (Lipinski definition) is 0. The Morgan fingerprint density at radius 3 is 2.35 bits per heavy atom. The maximum Gasteiger partial charge on any atom is 0.0453 e. The molecule has 1 aromatic carbocycles. The Labute approximate surface area is 127 Å². The van der Waals surface area contributed by atoms with Gasteiger partial charge in [-0.3, -0.25) is 0 Å². The van der Waals surface area contributed by atoms with Crippen LogP contribution in [0.5, 0.6) is 0 Å². The predicted molar refractivity (Wildman–Crippen MR) is 87.9 cm³/mol. The predicted octanol–water partition coefficient (Wildman–Crippen LogP) is 6.03. The third-order valence-electron chi connectivity index (χ3n) is 3.72. The van der Waals surface area contributed by atoms with E-state index >= 15 is 0 Å². The molecule has 0 fully saturated rings. The number of halogens is 1. The van der Waals surface area contributed by atoms with Crippen LogP contribution in [0.2, 0.25) is 5.02 Å². The van der Waals surface area contributed by atoms with Gasteiger partial charge in [0.1, 0.15) is 0 Å². The van der Waals surface area contributed by atoms with Crippen molar-refractivity contribution in [2.24, 2.45) is 0 Å². The molecule has 1 aromatic heterocycles. The summed E-state index contributed by atoms with van der Waals surface area (Å²) >= 11 is 5.95. The summed E-state index contributed by atoms with van der Waals surface area (Å²) in [7, 11) is 0. The summed E-state index contributed by atoms with van der Waals surface area (Å²) in [4.78, 5) is 0. The minimum absolute atomic E-state index is 0.790. The smallest absolute Gasteiger partial charge is 0.0453 e. The van der Waals surface area contributed by atoms with Crippen LogP contribution in [0.25, 0.3) is 5.69 Å². The molecule has 0 aliphatic rings. The lowest BCUT2D eigenvalue weighted by Gasteiger charge is -2.09. The van der Waals surface area contributed by atoms with Gasteiger partial charge in [0.05, 0.1) is 0 Å². The molecule has 0 bridgehead atoms. The van der Waals surface area contributed by atoms with Crippen LogP contribution in [0.15, 0.2) is 42.6 Å². The van der Waals surface area contributed by atoms with E-state index in [9.17, 15) is 0 Å². The SMILES string of the molecule is CCCCCCCCc1cccn1-c1ccc(Cl)cc1. The molecular weight excluding hydrogens is 266 g/mol. The molecule has 0 atom stereocenters. The van der Waals surface area contributed by atoms with E-state index in [0.717, 1.165) is 11.4 Å². The first kappa shape index (κ1) is 15.2. The van der Waals surface area contributed by atoms with Gasteiger partial charge in [-0.15, -0.1) is 0 Å². The van der Waals surface area contributed by atoms with Gasteiger partial charge in [-0.05, 0) is 49.2 Å². The van der Waals surface area contributed by atoms with Crippen LogP contribution in [0.1, 0.15) is 51.1 Å². The molecule has 0 aliphatic carbocycles. The molecule has 0 radical (unpaired) electrons. The molecule has 108 valence electrons. The van der Waals surface area contributed by atoms with E-state index in [1.54, 1.807) is 0 Å². The molecule has 0 unspecified atom stereocenters. The van der Waals surface area contributed by atoms with Crippen molar-refractivity contribution in [2.45, 2.75) is 51.9 Å². The Bertz CT molecular complexity index is 498. The molecule has 0 saturated heterocycles. The van der Waals surface area contributed by atoms with Gasteiger partial charge in [0, 0.05) is 22.6 Å². The first-order valence-electron chi connectivity index (χ1n) is 7.73. The van der Waals surface area contributed by atoms with Crippen molar-refractivity contribution < 1.29 is 0 Å². The van der Waals surface area contributed by atoms with E-state index in [-0.39, 0.29) is 0 Å². The van der Waals surface area contributed by atoms with Crippen molar-refractivity contribution in [3.8, 4) is 5.69 Å². The van der Waals surface area contributed by atoms with Crippen molar-refractivity contribution >= 4 is 11.6 Å². The number of aryl methyl sites for hydroxylation is 1. The average Bonchev–Trinajstić information content (AvgIpc) is 2.92. The van der Waals surface area contributed by atoms with Gasteiger partial charge in [0.2, 0.25) is 0 Å². The van der Waals surface area contributed by atoms with E-state index in [4.69, 9.17) is 11.6 Å². The van der Waals surface area contributed by atoms with Crippen LogP contribution in [0, 0.1) is 0 Å². The average molecular weight is 290 g/mol. The van der Waals surface area contributed by atoms with Crippen LogP contribution < -0.4 is 0 Å². The van der Waals surface area contributed by atoms with Crippen LogP contribution >= 0.6 is 11.6 Å². The quantitative estimate of drug-likeness (QED) is 0.523. The second kappa shape index (κ2) is 8.16. The highest BCUT2D eigenvalue weighted by molar-refractivity contribution is 6.30. The van der Waals surface area contributed by atoms with E-state index < -0.39 is 0 Å². The molecule has 0 saturated carbocycles. The largest absolute Gasteiger partial charge is 0.321 e. The summed E-state index contributed by atoms with van der Waals surface area (Å²) in [5.41, 5.74) is 2.59. The highest BCUT2D eigenvalue weighted by atomic mass is 35.5. The zero-order valence-electron chi connectivity index (χ0n) is 12.3. The molecule has 0 N–H and O–H groups in total. The summed E-state index contributed by atoms with van der Waals surface area (Å²) in [5, 5.41) is 0.790. The molecule has 2 rings (SSSR count). The lowest BCUT2D eigenvalue weighted by Crippen LogP contribution is -1.98. The summed E-state index contributed by atoms with van der Waals surface area (Å²) in [5.74, 6) is 0. The van der Waals surface area contributed by atoms with E-state index in [2.05, 4.69) is 42.0 Å². The van der Waals surface area contributed by atoms with Crippen molar-refractivity contribution in [2.75, 3.05) is 0 Å². The van der Waals surface area contributed by atoms with Gasteiger partial charge in [-0.2, -0.15) is 0 Å². The topological polar surface area (TPSA) is 4.93 Å². The fourth-order valence-electron chi connectivity index (χ4n) is 2.56. The second-order valence-corrected chi connectivity index (χ2v) is 5.80. The maximum absolute atomic E-state index is 5.95. The highest BCUT2D eigenvalue weighted by Crippen LogP contribution is 2.18. The van der Waals surface area contributed by atoms with Gasteiger partial charge in [-0.1, -0.05) is 50.6 Å². The Balaban J connectivity index is 1.87. The van der Waals surface area contributed by atoms with E-state index in [1.807, 2.05) is 12.1 Å². The van der Waals surface area contributed by atoms with Crippen LogP contribution in [-0.2, 0) is 6.42 Å². The third-order valence-corrected chi connectivity index (χ3v) is 3.98. The first-order chi connectivity index (χ1) is 9.81.